The molecular weight excluding hydrogens is 406 g/mol. The molecule has 7 nitrogen and oxygen atoms in total. The number of aliphatic imine (C=N–C) groups is 1. The fourth-order valence-corrected chi connectivity index (χ4v) is 1.88. The lowest BCUT2D eigenvalue weighted by atomic mass is 9.99. The van der Waals surface area contributed by atoms with Crippen molar-refractivity contribution < 1.29 is 19.0 Å². The zero-order valence-corrected chi connectivity index (χ0v) is 20.6. The first-order valence-electron chi connectivity index (χ1n) is 9.88. The van der Waals surface area contributed by atoms with Gasteiger partial charge in [0.15, 0.2) is 6.04 Å². The lowest BCUT2D eigenvalue weighted by Gasteiger charge is -2.20. The van der Waals surface area contributed by atoms with E-state index in [1.54, 1.807) is 18.3 Å². The van der Waals surface area contributed by atoms with E-state index in [4.69, 9.17) is 14.2 Å². The fourth-order valence-electron chi connectivity index (χ4n) is 1.88. The van der Waals surface area contributed by atoms with Crippen molar-refractivity contribution in [3.05, 3.63) is 24.4 Å². The minimum absolute atomic E-state index is 0. The molecule has 0 aromatic carbocycles. The molecular formula is C22H38ClN3O4. The summed E-state index contributed by atoms with van der Waals surface area (Å²) >= 11 is 0. The van der Waals surface area contributed by atoms with Gasteiger partial charge in [0.2, 0.25) is 11.8 Å². The van der Waals surface area contributed by atoms with Crippen molar-refractivity contribution in [2.45, 2.75) is 74.0 Å². The number of aromatic amines is 1. The van der Waals surface area contributed by atoms with E-state index in [0.29, 0.717) is 19.1 Å². The predicted molar refractivity (Wildman–Crippen MR) is 122 cm³/mol. The van der Waals surface area contributed by atoms with Crippen molar-refractivity contribution in [1.82, 2.24) is 10.2 Å². The molecule has 0 radical (unpaired) electrons. The standard InChI is InChI=1S/C14H23NO3.C8H14N2O.ClH/c1-13(2,3)9-17-11-8-7-10(15-11)12(16)18-14(4,5)6;1-8(2,3)6-11-7-4-5-9-10-7;/h7-8,10H,9H2,1-6H3;4-5H,6H2,1-3H3,(H,9,10);1H. The first-order chi connectivity index (χ1) is 13.1. The van der Waals surface area contributed by atoms with Crippen LogP contribution in [-0.4, -0.2) is 46.9 Å². The number of ether oxygens (including phenoxy) is 3. The third kappa shape index (κ3) is 13.2. The highest BCUT2D eigenvalue weighted by molar-refractivity contribution is 5.95. The van der Waals surface area contributed by atoms with Gasteiger partial charge in [-0.05, 0) is 43.8 Å². The van der Waals surface area contributed by atoms with Gasteiger partial charge in [0.1, 0.15) is 5.60 Å². The lowest BCUT2D eigenvalue weighted by molar-refractivity contribution is -0.155. The van der Waals surface area contributed by atoms with Crippen LogP contribution >= 0.6 is 12.4 Å². The van der Waals surface area contributed by atoms with Gasteiger partial charge < -0.3 is 14.2 Å². The molecule has 0 fully saturated rings. The largest absolute Gasteiger partial charge is 0.477 e. The minimum atomic E-state index is -0.570. The van der Waals surface area contributed by atoms with Gasteiger partial charge in [0, 0.05) is 6.07 Å². The maximum atomic E-state index is 11.8. The molecule has 2 heterocycles. The molecule has 1 aromatic rings. The summed E-state index contributed by atoms with van der Waals surface area (Å²) in [4.78, 5) is 16.0. The number of esters is 1. The number of carbonyl (C=O) groups excluding carboxylic acids is 1. The summed E-state index contributed by atoms with van der Waals surface area (Å²) in [6.45, 7) is 19.4. The van der Waals surface area contributed by atoms with Gasteiger partial charge in [0.05, 0.1) is 19.4 Å². The Kier molecular flexibility index (Phi) is 10.6. The van der Waals surface area contributed by atoms with E-state index in [9.17, 15) is 4.79 Å². The van der Waals surface area contributed by atoms with Crippen LogP contribution in [0.25, 0.3) is 0 Å². The molecule has 1 atom stereocenters. The molecule has 0 spiro atoms. The van der Waals surface area contributed by atoms with Crippen LogP contribution in [0, 0.1) is 10.8 Å². The molecule has 0 bridgehead atoms. The summed E-state index contributed by atoms with van der Waals surface area (Å²) in [5.74, 6) is 0.897. The van der Waals surface area contributed by atoms with E-state index in [1.807, 2.05) is 26.8 Å². The summed E-state index contributed by atoms with van der Waals surface area (Å²) in [6, 6.07) is 1.24. The molecule has 0 saturated carbocycles. The topological polar surface area (TPSA) is 85.8 Å². The fraction of sp³-hybridized carbons (Fsp3) is 0.682. The minimum Gasteiger partial charge on any atom is -0.477 e. The number of nitrogens with one attached hydrogen (secondary N) is 1. The van der Waals surface area contributed by atoms with Crippen molar-refractivity contribution >= 4 is 24.3 Å². The van der Waals surface area contributed by atoms with E-state index in [1.165, 1.54) is 0 Å². The summed E-state index contributed by atoms with van der Waals surface area (Å²) in [5.41, 5.74) is -0.221. The van der Waals surface area contributed by atoms with Crippen molar-refractivity contribution in [1.29, 1.82) is 0 Å². The molecule has 0 amide bonds. The first kappa shape index (κ1) is 28.0. The molecule has 1 unspecified atom stereocenters. The number of hydrogen-bond acceptors (Lipinski definition) is 6. The Morgan fingerprint density at radius 1 is 1.00 bits per heavy atom. The molecule has 172 valence electrons. The zero-order valence-electron chi connectivity index (χ0n) is 19.7. The van der Waals surface area contributed by atoms with Crippen LogP contribution < -0.4 is 4.74 Å². The monoisotopic (exact) mass is 443 g/mol. The number of rotatable bonds is 4. The van der Waals surface area contributed by atoms with Gasteiger partial charge in [-0.15, -0.1) is 12.4 Å². The van der Waals surface area contributed by atoms with Crippen LogP contribution in [0.4, 0.5) is 0 Å². The number of nitrogens with zero attached hydrogens (tertiary/aromatic N) is 2. The number of aromatic nitrogens is 2. The molecule has 0 saturated heterocycles. The second kappa shape index (κ2) is 11.4. The maximum Gasteiger partial charge on any atom is 0.335 e. The third-order valence-corrected chi connectivity index (χ3v) is 3.12. The van der Waals surface area contributed by atoms with Crippen molar-refractivity contribution in [3.8, 4) is 5.88 Å². The van der Waals surface area contributed by atoms with Gasteiger partial charge in [-0.2, -0.15) is 5.10 Å². The zero-order chi connectivity index (χ0) is 22.3. The molecule has 1 aromatic heterocycles. The first-order valence-corrected chi connectivity index (χ1v) is 9.88. The summed E-state index contributed by atoms with van der Waals surface area (Å²) in [6.07, 6.45) is 5.10. The van der Waals surface area contributed by atoms with E-state index in [-0.39, 0.29) is 29.2 Å². The van der Waals surface area contributed by atoms with Crippen molar-refractivity contribution in [2.24, 2.45) is 15.8 Å². The quantitative estimate of drug-likeness (QED) is 0.663. The maximum absolute atomic E-state index is 11.8. The Balaban J connectivity index is 0.000000603. The summed E-state index contributed by atoms with van der Waals surface area (Å²) < 4.78 is 16.2. The second-order valence-corrected chi connectivity index (χ2v) is 10.4. The number of H-pyrrole nitrogens is 1. The molecule has 0 aliphatic carbocycles. The number of carbonyl (C=O) groups is 1. The Morgan fingerprint density at radius 3 is 2.03 bits per heavy atom. The average Bonchev–Trinajstić information content (AvgIpc) is 3.20. The summed E-state index contributed by atoms with van der Waals surface area (Å²) in [7, 11) is 0. The summed E-state index contributed by atoms with van der Waals surface area (Å²) in [5, 5.41) is 6.51. The van der Waals surface area contributed by atoms with Gasteiger partial charge in [-0.25, -0.2) is 14.9 Å². The van der Waals surface area contributed by atoms with Crippen LogP contribution in [0.3, 0.4) is 0 Å². The van der Waals surface area contributed by atoms with E-state index >= 15 is 0 Å². The van der Waals surface area contributed by atoms with Crippen LogP contribution in [0.2, 0.25) is 0 Å². The smallest absolute Gasteiger partial charge is 0.335 e. The normalized spacial score (nSPS) is 16.0. The van der Waals surface area contributed by atoms with Crippen molar-refractivity contribution in [2.75, 3.05) is 13.2 Å². The average molecular weight is 444 g/mol. The van der Waals surface area contributed by atoms with Crippen LogP contribution in [0.5, 0.6) is 5.88 Å². The Labute approximate surface area is 187 Å². The second-order valence-electron chi connectivity index (χ2n) is 10.4. The van der Waals surface area contributed by atoms with E-state index in [2.05, 4.69) is 56.7 Å². The van der Waals surface area contributed by atoms with Crippen LogP contribution in [0.15, 0.2) is 29.4 Å². The Bertz CT molecular complexity index is 693. The van der Waals surface area contributed by atoms with Crippen LogP contribution in [0.1, 0.15) is 62.3 Å². The Morgan fingerprint density at radius 2 is 1.57 bits per heavy atom. The highest BCUT2D eigenvalue weighted by Gasteiger charge is 2.26. The Hall–Kier alpha value is -2.02. The third-order valence-electron chi connectivity index (χ3n) is 3.12. The molecule has 2 rings (SSSR count). The molecule has 1 aliphatic heterocycles. The molecule has 1 N–H and O–H groups in total. The van der Waals surface area contributed by atoms with Gasteiger partial charge in [0.25, 0.3) is 0 Å². The SMILES string of the molecule is CC(C)(C)COC1=NC(C(=O)OC(C)(C)C)C=C1.CC(C)(C)COc1ccn[nH]1.Cl. The number of halogens is 1. The molecule has 30 heavy (non-hydrogen) atoms. The van der Waals surface area contributed by atoms with Gasteiger partial charge in [-0.1, -0.05) is 41.5 Å². The van der Waals surface area contributed by atoms with Gasteiger partial charge in [-0.3, -0.25) is 0 Å². The number of hydrogen-bond donors (Lipinski definition) is 1. The highest BCUT2D eigenvalue weighted by atomic mass is 35.5. The van der Waals surface area contributed by atoms with Crippen LogP contribution in [-0.2, 0) is 14.3 Å². The molecule has 1 aliphatic rings. The van der Waals surface area contributed by atoms with E-state index < -0.39 is 11.6 Å². The van der Waals surface area contributed by atoms with Crippen molar-refractivity contribution in [3.63, 3.8) is 0 Å². The molecule has 8 heteroatoms. The van der Waals surface area contributed by atoms with E-state index in [0.717, 1.165) is 5.88 Å². The van der Waals surface area contributed by atoms with Gasteiger partial charge >= 0.3 is 5.97 Å². The highest BCUT2D eigenvalue weighted by Crippen LogP contribution is 2.17. The lowest BCUT2D eigenvalue weighted by Crippen LogP contribution is -2.29. The predicted octanol–water partition coefficient (Wildman–Crippen LogP) is 4.98.